The highest BCUT2D eigenvalue weighted by atomic mass is 35.5. The molecule has 0 radical (unpaired) electrons. The maximum Gasteiger partial charge on any atom is 0.258 e. The number of ether oxygens (including phenoxy) is 1. The fourth-order valence-corrected chi connectivity index (χ4v) is 2.71. The molecule has 2 aromatic rings. The Bertz CT molecular complexity index is 702. The molecule has 2 heterocycles. The summed E-state index contributed by atoms with van der Waals surface area (Å²) in [5.41, 5.74) is 2.14. The number of benzene rings is 1. The summed E-state index contributed by atoms with van der Waals surface area (Å²) in [5, 5.41) is 3.10. The van der Waals surface area contributed by atoms with Crippen molar-refractivity contribution in [3.63, 3.8) is 0 Å². The second kappa shape index (κ2) is 5.37. The third-order valence-corrected chi connectivity index (χ3v) is 4.09. The molecule has 1 aliphatic heterocycles. The monoisotopic (exact) mass is 302 g/mol. The number of rotatable bonds is 2. The molecular weight excluding hydrogens is 288 g/mol. The van der Waals surface area contributed by atoms with E-state index in [1.807, 2.05) is 25.1 Å². The van der Waals surface area contributed by atoms with Crippen molar-refractivity contribution in [2.24, 2.45) is 0 Å². The van der Waals surface area contributed by atoms with E-state index in [4.69, 9.17) is 16.3 Å². The van der Waals surface area contributed by atoms with Crippen LogP contribution in [0.3, 0.4) is 0 Å². The minimum Gasteiger partial charge on any atom is -0.490 e. The summed E-state index contributed by atoms with van der Waals surface area (Å²) in [5.74, 6) is 0.777. The molecule has 1 aromatic carbocycles. The highest BCUT2D eigenvalue weighted by Crippen LogP contribution is 2.42. The van der Waals surface area contributed by atoms with Gasteiger partial charge in [0.1, 0.15) is 17.0 Å². The van der Waals surface area contributed by atoms with Crippen LogP contribution in [0.5, 0.6) is 5.75 Å². The topological polar surface area (TPSA) is 51.2 Å². The Morgan fingerprint density at radius 1 is 1.29 bits per heavy atom. The van der Waals surface area contributed by atoms with Gasteiger partial charge in [0.25, 0.3) is 5.91 Å². The minimum absolute atomic E-state index is 0.0973. The molecule has 1 amide bonds. The first kappa shape index (κ1) is 13.9. The number of anilines is 1. The lowest BCUT2D eigenvalue weighted by atomic mass is 9.96. The van der Waals surface area contributed by atoms with E-state index < -0.39 is 0 Å². The van der Waals surface area contributed by atoms with Gasteiger partial charge in [0.05, 0.1) is 5.56 Å². The number of amides is 1. The van der Waals surface area contributed by atoms with Crippen LogP contribution in [0.1, 0.15) is 35.7 Å². The molecule has 21 heavy (non-hydrogen) atoms. The molecule has 3 rings (SSSR count). The van der Waals surface area contributed by atoms with Crippen molar-refractivity contribution in [1.29, 1.82) is 0 Å². The summed E-state index contributed by atoms with van der Waals surface area (Å²) in [6.07, 6.45) is 1.65. The average Bonchev–Trinajstić information content (AvgIpc) is 2.75. The van der Waals surface area contributed by atoms with E-state index >= 15 is 0 Å². The van der Waals surface area contributed by atoms with Crippen LogP contribution >= 0.6 is 11.6 Å². The van der Waals surface area contributed by atoms with Gasteiger partial charge in [-0.25, -0.2) is 4.98 Å². The first-order chi connectivity index (χ1) is 10.1. The summed E-state index contributed by atoms with van der Waals surface area (Å²) in [4.78, 5) is 16.3. The Balaban J connectivity index is 1.92. The number of hydrogen-bond acceptors (Lipinski definition) is 3. The van der Waals surface area contributed by atoms with Crippen molar-refractivity contribution in [1.82, 2.24) is 4.98 Å². The number of nitrogens with one attached hydrogen (secondary N) is 1. The molecule has 2 atom stereocenters. The number of pyridine rings is 1. The number of carbonyl (C=O) groups is 1. The molecule has 5 heteroatoms. The summed E-state index contributed by atoms with van der Waals surface area (Å²) in [7, 11) is 0. The van der Waals surface area contributed by atoms with Crippen LogP contribution in [0.4, 0.5) is 5.69 Å². The third kappa shape index (κ3) is 2.47. The molecule has 0 spiro atoms. The van der Waals surface area contributed by atoms with Crippen molar-refractivity contribution >= 4 is 23.2 Å². The lowest BCUT2D eigenvalue weighted by Crippen LogP contribution is -2.15. The number of halogens is 1. The zero-order valence-electron chi connectivity index (χ0n) is 11.8. The van der Waals surface area contributed by atoms with E-state index in [1.54, 1.807) is 18.3 Å². The van der Waals surface area contributed by atoms with Crippen LogP contribution in [-0.2, 0) is 0 Å². The smallest absolute Gasteiger partial charge is 0.258 e. The predicted octanol–water partition coefficient (Wildman–Crippen LogP) is 3.87. The summed E-state index contributed by atoms with van der Waals surface area (Å²) >= 11 is 5.96. The quantitative estimate of drug-likeness (QED) is 0.857. The molecular formula is C16H15ClN2O2. The Kier molecular flexibility index (Phi) is 3.55. The molecule has 0 saturated carbocycles. The maximum atomic E-state index is 12.3. The van der Waals surface area contributed by atoms with Gasteiger partial charge in [-0.2, -0.15) is 0 Å². The van der Waals surface area contributed by atoms with Gasteiger partial charge in [0.15, 0.2) is 0 Å². The Morgan fingerprint density at radius 2 is 2.10 bits per heavy atom. The standard InChI is InChI=1S/C16H15ClN2O2/c1-9-10(2)21-13-7-3-6-12(14(9)13)19-16(20)11-5-4-8-18-15(11)17/h3-10H,1-2H3,(H,19,20). The molecule has 1 aromatic heterocycles. The van der Waals surface area contributed by atoms with Crippen LogP contribution in [0.25, 0.3) is 0 Å². The zero-order chi connectivity index (χ0) is 15.0. The number of hydrogen-bond donors (Lipinski definition) is 1. The maximum absolute atomic E-state index is 12.3. The lowest BCUT2D eigenvalue weighted by Gasteiger charge is -2.12. The first-order valence-electron chi connectivity index (χ1n) is 6.79. The second-order valence-electron chi connectivity index (χ2n) is 5.12. The molecule has 0 saturated heterocycles. The van der Waals surface area contributed by atoms with Crippen molar-refractivity contribution in [2.75, 3.05) is 5.32 Å². The van der Waals surface area contributed by atoms with Gasteiger partial charge in [-0.1, -0.05) is 24.6 Å². The summed E-state index contributed by atoms with van der Waals surface area (Å²) < 4.78 is 5.78. The van der Waals surface area contributed by atoms with Gasteiger partial charge in [0.2, 0.25) is 0 Å². The van der Waals surface area contributed by atoms with Crippen molar-refractivity contribution in [2.45, 2.75) is 25.9 Å². The number of carbonyl (C=O) groups excluding carboxylic acids is 1. The SMILES string of the molecule is CC1Oc2cccc(NC(=O)c3cccnc3Cl)c2C1C. The molecule has 0 fully saturated rings. The second-order valence-corrected chi connectivity index (χ2v) is 5.48. The van der Waals surface area contributed by atoms with Crippen LogP contribution in [0, 0.1) is 0 Å². The molecule has 4 nitrogen and oxygen atoms in total. The van der Waals surface area contributed by atoms with Crippen molar-refractivity contribution < 1.29 is 9.53 Å². The minimum atomic E-state index is -0.270. The van der Waals surface area contributed by atoms with E-state index in [9.17, 15) is 4.79 Å². The number of aromatic nitrogens is 1. The molecule has 2 unspecified atom stereocenters. The molecule has 1 aliphatic rings. The van der Waals surface area contributed by atoms with Gasteiger partial charge in [-0.3, -0.25) is 4.79 Å². The van der Waals surface area contributed by atoms with Gasteiger partial charge < -0.3 is 10.1 Å². The normalized spacial score (nSPS) is 19.8. The van der Waals surface area contributed by atoms with Crippen molar-refractivity contribution in [3.05, 3.63) is 52.8 Å². The highest BCUT2D eigenvalue weighted by Gasteiger charge is 2.30. The van der Waals surface area contributed by atoms with E-state index in [1.165, 1.54) is 0 Å². The van der Waals surface area contributed by atoms with E-state index in [-0.39, 0.29) is 23.1 Å². The molecule has 1 N–H and O–H groups in total. The van der Waals surface area contributed by atoms with E-state index in [2.05, 4.69) is 17.2 Å². The Morgan fingerprint density at radius 3 is 2.86 bits per heavy atom. The van der Waals surface area contributed by atoms with Crippen LogP contribution < -0.4 is 10.1 Å². The van der Waals surface area contributed by atoms with Crippen LogP contribution in [0.2, 0.25) is 5.15 Å². The average molecular weight is 303 g/mol. The Labute approximate surface area is 128 Å². The number of nitrogens with zero attached hydrogens (tertiary/aromatic N) is 1. The first-order valence-corrected chi connectivity index (χ1v) is 7.17. The largest absolute Gasteiger partial charge is 0.490 e. The van der Waals surface area contributed by atoms with E-state index in [0.717, 1.165) is 17.0 Å². The number of fused-ring (bicyclic) bond motifs is 1. The summed E-state index contributed by atoms with van der Waals surface area (Å²) in [6.45, 7) is 4.11. The van der Waals surface area contributed by atoms with Gasteiger partial charge >= 0.3 is 0 Å². The Hall–Kier alpha value is -2.07. The third-order valence-electron chi connectivity index (χ3n) is 3.79. The lowest BCUT2D eigenvalue weighted by molar-refractivity contribution is 0.102. The predicted molar refractivity (Wildman–Crippen MR) is 82.1 cm³/mol. The fraction of sp³-hybridized carbons (Fsp3) is 0.250. The highest BCUT2D eigenvalue weighted by molar-refractivity contribution is 6.33. The molecule has 0 bridgehead atoms. The molecule has 108 valence electrons. The summed E-state index contributed by atoms with van der Waals surface area (Å²) in [6, 6.07) is 8.99. The van der Waals surface area contributed by atoms with E-state index in [0.29, 0.717) is 5.56 Å². The van der Waals surface area contributed by atoms with Crippen LogP contribution in [-0.4, -0.2) is 17.0 Å². The van der Waals surface area contributed by atoms with Gasteiger partial charge in [0, 0.05) is 23.4 Å². The fourth-order valence-electron chi connectivity index (χ4n) is 2.51. The van der Waals surface area contributed by atoms with Gasteiger partial charge in [-0.15, -0.1) is 0 Å². The molecule has 0 aliphatic carbocycles. The van der Waals surface area contributed by atoms with Crippen LogP contribution in [0.15, 0.2) is 36.5 Å². The zero-order valence-corrected chi connectivity index (χ0v) is 12.5. The van der Waals surface area contributed by atoms with Gasteiger partial charge in [-0.05, 0) is 31.2 Å². The van der Waals surface area contributed by atoms with Crippen molar-refractivity contribution in [3.8, 4) is 5.75 Å².